The first-order valence-electron chi connectivity index (χ1n) is 7.34. The van der Waals surface area contributed by atoms with Gasteiger partial charge >= 0.3 is 0 Å². The Bertz CT molecular complexity index is 753. The highest BCUT2D eigenvalue weighted by Gasteiger charge is 2.27. The van der Waals surface area contributed by atoms with Gasteiger partial charge in [-0.15, -0.1) is 0 Å². The van der Waals surface area contributed by atoms with E-state index in [1.165, 1.54) is 6.07 Å². The number of rotatable bonds is 4. The van der Waals surface area contributed by atoms with Crippen LogP contribution in [0.1, 0.15) is 11.7 Å². The highest BCUT2D eigenvalue weighted by Crippen LogP contribution is 2.30. The number of carbonyl (C=O) groups excluding carboxylic acids is 1. The Morgan fingerprint density at radius 3 is 2.71 bits per heavy atom. The second-order valence-electron chi connectivity index (χ2n) is 5.30. The van der Waals surface area contributed by atoms with E-state index in [2.05, 4.69) is 5.32 Å². The zero-order valence-electron chi connectivity index (χ0n) is 12.5. The van der Waals surface area contributed by atoms with Gasteiger partial charge in [0, 0.05) is 6.54 Å². The number of aliphatic hydroxyl groups is 1. The molecule has 2 unspecified atom stereocenters. The number of para-hydroxylation sites is 2. The molecular weight excluding hydrogens is 320 g/mol. The molecule has 1 heterocycles. The lowest BCUT2D eigenvalue weighted by Gasteiger charge is -2.26. The minimum Gasteiger partial charge on any atom is -0.485 e. The van der Waals surface area contributed by atoms with Gasteiger partial charge in [-0.05, 0) is 29.8 Å². The zero-order valence-corrected chi connectivity index (χ0v) is 12.5. The molecule has 3 rings (SSSR count). The molecule has 2 aromatic carbocycles. The molecule has 0 aromatic heterocycles. The van der Waals surface area contributed by atoms with Crippen LogP contribution in [0.2, 0.25) is 0 Å². The van der Waals surface area contributed by atoms with Crippen LogP contribution in [0.3, 0.4) is 0 Å². The van der Waals surface area contributed by atoms with Crippen molar-refractivity contribution < 1.29 is 28.2 Å². The van der Waals surface area contributed by atoms with Crippen LogP contribution in [-0.4, -0.2) is 30.3 Å². The Balaban J connectivity index is 1.57. The normalized spacial score (nSPS) is 17.2. The minimum absolute atomic E-state index is 0.0458. The molecule has 2 N–H and O–H groups in total. The summed E-state index contributed by atoms with van der Waals surface area (Å²) in [5.41, 5.74) is 0.167. The summed E-state index contributed by atoms with van der Waals surface area (Å²) in [5, 5.41) is 12.5. The number of nitrogens with one attached hydrogen (secondary N) is 1. The van der Waals surface area contributed by atoms with Crippen molar-refractivity contribution in [2.24, 2.45) is 0 Å². The van der Waals surface area contributed by atoms with E-state index in [9.17, 15) is 18.7 Å². The second-order valence-corrected chi connectivity index (χ2v) is 5.30. The van der Waals surface area contributed by atoms with Gasteiger partial charge in [0.2, 0.25) is 6.10 Å². The van der Waals surface area contributed by atoms with Crippen molar-refractivity contribution in [1.82, 2.24) is 5.32 Å². The number of fused-ring (bicyclic) bond motifs is 1. The van der Waals surface area contributed by atoms with Gasteiger partial charge in [0.05, 0.1) is 6.10 Å². The standard InChI is InChI=1S/C17H15F2NO4/c18-11-6-5-10(7-12(11)19)13(21)8-20-17(22)16-9-23-14-3-1-2-4-15(14)24-16/h1-7,13,16,21H,8-9H2,(H,20,22). The first-order chi connectivity index (χ1) is 11.5. The summed E-state index contributed by atoms with van der Waals surface area (Å²) in [5.74, 6) is -1.50. The van der Waals surface area contributed by atoms with Gasteiger partial charge in [-0.1, -0.05) is 18.2 Å². The monoisotopic (exact) mass is 335 g/mol. The van der Waals surface area contributed by atoms with Crippen LogP contribution in [0, 0.1) is 11.6 Å². The summed E-state index contributed by atoms with van der Waals surface area (Å²) in [6, 6.07) is 10.0. The zero-order chi connectivity index (χ0) is 17.1. The fourth-order valence-electron chi connectivity index (χ4n) is 2.30. The van der Waals surface area contributed by atoms with Gasteiger partial charge < -0.3 is 19.9 Å². The molecule has 0 aliphatic carbocycles. The Kier molecular flexibility index (Phi) is 4.61. The lowest BCUT2D eigenvalue weighted by atomic mass is 10.1. The lowest BCUT2D eigenvalue weighted by Crippen LogP contribution is -2.45. The van der Waals surface area contributed by atoms with Crippen LogP contribution in [0.25, 0.3) is 0 Å². The molecule has 0 saturated heterocycles. The molecule has 2 atom stereocenters. The van der Waals surface area contributed by atoms with Crippen LogP contribution >= 0.6 is 0 Å². The molecule has 24 heavy (non-hydrogen) atoms. The summed E-state index contributed by atoms with van der Waals surface area (Å²) in [7, 11) is 0. The largest absolute Gasteiger partial charge is 0.485 e. The van der Waals surface area contributed by atoms with E-state index in [-0.39, 0.29) is 18.7 Å². The molecule has 1 aliphatic rings. The van der Waals surface area contributed by atoms with E-state index in [0.717, 1.165) is 12.1 Å². The number of hydrogen-bond acceptors (Lipinski definition) is 4. The van der Waals surface area contributed by atoms with Gasteiger partial charge in [-0.2, -0.15) is 0 Å². The third-order valence-corrected chi connectivity index (χ3v) is 3.60. The summed E-state index contributed by atoms with van der Waals surface area (Å²) in [4.78, 5) is 12.1. The van der Waals surface area contributed by atoms with Crippen molar-refractivity contribution in [3.63, 3.8) is 0 Å². The van der Waals surface area contributed by atoms with Gasteiger partial charge in [-0.3, -0.25) is 4.79 Å². The SMILES string of the molecule is O=C(NCC(O)c1ccc(F)c(F)c1)C1COc2ccccc2O1. The molecule has 0 saturated carbocycles. The molecule has 0 bridgehead atoms. The number of ether oxygens (including phenoxy) is 2. The third-order valence-electron chi connectivity index (χ3n) is 3.60. The average Bonchev–Trinajstić information content (AvgIpc) is 2.61. The van der Waals surface area contributed by atoms with Gasteiger partial charge in [0.25, 0.3) is 5.91 Å². The molecule has 5 nitrogen and oxygen atoms in total. The van der Waals surface area contributed by atoms with E-state index >= 15 is 0 Å². The molecule has 0 spiro atoms. The van der Waals surface area contributed by atoms with Crippen LogP contribution in [0.4, 0.5) is 8.78 Å². The minimum atomic E-state index is -1.17. The van der Waals surface area contributed by atoms with Crippen LogP contribution in [-0.2, 0) is 4.79 Å². The summed E-state index contributed by atoms with van der Waals surface area (Å²) in [6.45, 7) is -0.116. The molecule has 1 amide bonds. The Morgan fingerprint density at radius 2 is 1.96 bits per heavy atom. The van der Waals surface area contributed by atoms with Crippen molar-refractivity contribution in [3.8, 4) is 11.5 Å². The highest BCUT2D eigenvalue weighted by molar-refractivity contribution is 5.81. The maximum absolute atomic E-state index is 13.2. The van der Waals surface area contributed by atoms with Gasteiger partial charge in [-0.25, -0.2) is 8.78 Å². The van der Waals surface area contributed by atoms with E-state index in [0.29, 0.717) is 11.5 Å². The summed E-state index contributed by atoms with van der Waals surface area (Å²) >= 11 is 0. The smallest absolute Gasteiger partial charge is 0.264 e. The van der Waals surface area contributed by atoms with Gasteiger partial charge in [0.15, 0.2) is 23.1 Å². The molecular formula is C17H15F2NO4. The number of carbonyl (C=O) groups is 1. The molecule has 0 radical (unpaired) electrons. The van der Waals surface area contributed by atoms with Crippen molar-refractivity contribution >= 4 is 5.91 Å². The molecule has 2 aromatic rings. The number of benzene rings is 2. The van der Waals surface area contributed by atoms with Gasteiger partial charge in [0.1, 0.15) is 6.61 Å². The summed E-state index contributed by atoms with van der Waals surface area (Å²) < 4.78 is 37.0. The topological polar surface area (TPSA) is 67.8 Å². The predicted molar refractivity (Wildman–Crippen MR) is 80.7 cm³/mol. The maximum atomic E-state index is 13.2. The molecule has 1 aliphatic heterocycles. The molecule has 0 fully saturated rings. The lowest BCUT2D eigenvalue weighted by molar-refractivity contribution is -0.130. The fraction of sp³-hybridized carbons (Fsp3) is 0.235. The van der Waals surface area contributed by atoms with Crippen LogP contribution in [0.5, 0.6) is 11.5 Å². The second kappa shape index (κ2) is 6.84. The average molecular weight is 335 g/mol. The van der Waals surface area contributed by atoms with E-state index in [4.69, 9.17) is 9.47 Å². The van der Waals surface area contributed by atoms with E-state index in [1.807, 2.05) is 0 Å². The first kappa shape index (κ1) is 16.2. The number of aliphatic hydroxyl groups excluding tert-OH is 1. The number of amides is 1. The Labute approximate surface area is 136 Å². The van der Waals surface area contributed by atoms with Crippen molar-refractivity contribution in [2.45, 2.75) is 12.2 Å². The maximum Gasteiger partial charge on any atom is 0.264 e. The van der Waals surface area contributed by atoms with Crippen LogP contribution in [0.15, 0.2) is 42.5 Å². The number of hydrogen-bond donors (Lipinski definition) is 2. The fourth-order valence-corrected chi connectivity index (χ4v) is 2.30. The molecule has 7 heteroatoms. The van der Waals surface area contributed by atoms with Crippen molar-refractivity contribution in [3.05, 3.63) is 59.7 Å². The number of halogens is 2. The summed E-state index contributed by atoms with van der Waals surface area (Å²) in [6.07, 6.45) is -2.02. The Hall–Kier alpha value is -2.67. The van der Waals surface area contributed by atoms with E-state index < -0.39 is 29.7 Å². The third kappa shape index (κ3) is 3.46. The quantitative estimate of drug-likeness (QED) is 0.896. The predicted octanol–water partition coefficient (Wildman–Crippen LogP) is 1.95. The Morgan fingerprint density at radius 1 is 1.21 bits per heavy atom. The van der Waals surface area contributed by atoms with Crippen molar-refractivity contribution in [1.29, 1.82) is 0 Å². The van der Waals surface area contributed by atoms with Crippen molar-refractivity contribution in [2.75, 3.05) is 13.2 Å². The van der Waals surface area contributed by atoms with Crippen LogP contribution < -0.4 is 14.8 Å². The first-order valence-corrected chi connectivity index (χ1v) is 7.34. The molecule has 126 valence electrons. The highest BCUT2D eigenvalue weighted by atomic mass is 19.2. The van der Waals surface area contributed by atoms with E-state index in [1.54, 1.807) is 24.3 Å².